The van der Waals surface area contributed by atoms with Gasteiger partial charge in [-0.3, -0.25) is 4.79 Å². The zero-order chi connectivity index (χ0) is 16.4. The van der Waals surface area contributed by atoms with Crippen LogP contribution >= 0.6 is 23.2 Å². The second-order valence-electron chi connectivity index (χ2n) is 5.33. The van der Waals surface area contributed by atoms with Gasteiger partial charge in [0.05, 0.1) is 0 Å². The van der Waals surface area contributed by atoms with E-state index < -0.39 is 6.04 Å². The highest BCUT2D eigenvalue weighted by Crippen LogP contribution is 2.25. The Morgan fingerprint density at radius 2 is 1.74 bits per heavy atom. The normalized spacial score (nSPS) is 20.5. The first-order chi connectivity index (χ1) is 11.0. The first-order valence-electron chi connectivity index (χ1n) is 7.05. The van der Waals surface area contributed by atoms with Crippen LogP contribution in [0.5, 0.6) is 0 Å². The molecule has 2 aromatic carbocycles. The van der Waals surface area contributed by atoms with Crippen LogP contribution in [0.25, 0.3) is 0 Å². The Bertz CT molecular complexity index is 704. The lowest BCUT2D eigenvalue weighted by atomic mass is 10.0. The molecule has 1 saturated heterocycles. The maximum atomic E-state index is 13.0. The number of rotatable bonds is 3. The van der Waals surface area contributed by atoms with Gasteiger partial charge < -0.3 is 5.32 Å². The van der Waals surface area contributed by atoms with E-state index in [0.29, 0.717) is 22.2 Å². The van der Waals surface area contributed by atoms with Crippen molar-refractivity contribution in [3.63, 3.8) is 0 Å². The van der Waals surface area contributed by atoms with E-state index in [-0.39, 0.29) is 17.8 Å². The Hall–Kier alpha value is -1.66. The molecule has 2 aromatic rings. The summed E-state index contributed by atoms with van der Waals surface area (Å²) in [5.74, 6) is -0.479. The van der Waals surface area contributed by atoms with Crippen molar-refractivity contribution in [2.24, 2.45) is 0 Å². The molecular weight excluding hydrogens is 340 g/mol. The predicted octanol–water partition coefficient (Wildman–Crippen LogP) is 3.68. The molecule has 1 fully saturated rings. The summed E-state index contributed by atoms with van der Waals surface area (Å²) in [7, 11) is 0. The standard InChI is InChI=1S/C16H14Cl2FN3O/c17-10-5-11(18)7-13(6-10)20-16(23)15-8-14(21-22-15)9-1-3-12(19)4-2-9/h1-7,14-15,21-22H,8H2,(H,20,23). The van der Waals surface area contributed by atoms with Crippen LogP contribution < -0.4 is 16.2 Å². The third-order valence-electron chi connectivity index (χ3n) is 3.62. The van der Waals surface area contributed by atoms with Crippen molar-refractivity contribution in [1.82, 2.24) is 10.9 Å². The van der Waals surface area contributed by atoms with Crippen LogP contribution in [0.15, 0.2) is 42.5 Å². The second-order valence-corrected chi connectivity index (χ2v) is 6.20. The summed E-state index contributed by atoms with van der Waals surface area (Å²) >= 11 is 11.8. The first kappa shape index (κ1) is 16.2. The zero-order valence-corrected chi connectivity index (χ0v) is 13.5. The number of hydrogen-bond acceptors (Lipinski definition) is 3. The van der Waals surface area contributed by atoms with Gasteiger partial charge in [-0.05, 0) is 42.3 Å². The third-order valence-corrected chi connectivity index (χ3v) is 4.06. The molecule has 0 aromatic heterocycles. The number of anilines is 1. The molecule has 0 radical (unpaired) electrons. The lowest BCUT2D eigenvalue weighted by Crippen LogP contribution is -2.39. The molecule has 1 amide bonds. The van der Waals surface area contributed by atoms with Crippen molar-refractivity contribution >= 4 is 34.8 Å². The average Bonchev–Trinajstić information content (AvgIpc) is 2.97. The lowest BCUT2D eigenvalue weighted by Gasteiger charge is -2.11. The van der Waals surface area contributed by atoms with Crippen LogP contribution in [-0.4, -0.2) is 11.9 Å². The SMILES string of the molecule is O=C(Nc1cc(Cl)cc(Cl)c1)C1CC(c2ccc(F)cc2)NN1. The van der Waals surface area contributed by atoms with Crippen molar-refractivity contribution in [3.05, 3.63) is 63.9 Å². The molecule has 3 rings (SSSR count). The Kier molecular flexibility index (Phi) is 4.82. The molecule has 1 heterocycles. The van der Waals surface area contributed by atoms with Crippen LogP contribution in [0.1, 0.15) is 18.0 Å². The molecule has 3 N–H and O–H groups in total. The first-order valence-corrected chi connectivity index (χ1v) is 7.80. The third kappa shape index (κ3) is 4.00. The predicted molar refractivity (Wildman–Crippen MR) is 88.9 cm³/mol. The minimum absolute atomic E-state index is 0.0608. The van der Waals surface area contributed by atoms with Gasteiger partial charge in [0.2, 0.25) is 5.91 Å². The lowest BCUT2D eigenvalue weighted by molar-refractivity contribution is -0.117. The highest BCUT2D eigenvalue weighted by Gasteiger charge is 2.30. The van der Waals surface area contributed by atoms with E-state index in [1.165, 1.54) is 12.1 Å². The van der Waals surface area contributed by atoms with E-state index in [9.17, 15) is 9.18 Å². The van der Waals surface area contributed by atoms with Gasteiger partial charge in [0.25, 0.3) is 0 Å². The zero-order valence-electron chi connectivity index (χ0n) is 11.9. The molecule has 2 atom stereocenters. The molecule has 0 saturated carbocycles. The van der Waals surface area contributed by atoms with Gasteiger partial charge >= 0.3 is 0 Å². The van der Waals surface area contributed by atoms with Gasteiger partial charge in [0, 0.05) is 21.8 Å². The molecule has 23 heavy (non-hydrogen) atoms. The summed E-state index contributed by atoms with van der Waals surface area (Å²) in [5, 5.41) is 3.68. The van der Waals surface area contributed by atoms with Crippen LogP contribution in [0.3, 0.4) is 0 Å². The molecule has 0 spiro atoms. The van der Waals surface area contributed by atoms with Gasteiger partial charge in [-0.1, -0.05) is 35.3 Å². The van der Waals surface area contributed by atoms with E-state index in [4.69, 9.17) is 23.2 Å². The number of amides is 1. The summed E-state index contributed by atoms with van der Waals surface area (Å²) < 4.78 is 13.0. The highest BCUT2D eigenvalue weighted by molar-refractivity contribution is 6.35. The molecule has 0 aliphatic carbocycles. The number of nitrogens with one attached hydrogen (secondary N) is 3. The Morgan fingerprint density at radius 1 is 1.09 bits per heavy atom. The van der Waals surface area contributed by atoms with Crippen LogP contribution in [0.4, 0.5) is 10.1 Å². The summed E-state index contributed by atoms with van der Waals surface area (Å²) in [6, 6.07) is 10.6. The number of carbonyl (C=O) groups excluding carboxylic acids is 1. The monoisotopic (exact) mass is 353 g/mol. The Labute approximate surface area is 142 Å². The average molecular weight is 354 g/mol. The van der Waals surface area contributed by atoms with Crippen molar-refractivity contribution in [2.45, 2.75) is 18.5 Å². The van der Waals surface area contributed by atoms with E-state index in [2.05, 4.69) is 16.2 Å². The fourth-order valence-electron chi connectivity index (χ4n) is 2.50. The molecule has 2 unspecified atom stereocenters. The van der Waals surface area contributed by atoms with Crippen molar-refractivity contribution in [3.8, 4) is 0 Å². The molecule has 7 heteroatoms. The Morgan fingerprint density at radius 3 is 2.39 bits per heavy atom. The fraction of sp³-hybridized carbons (Fsp3) is 0.188. The van der Waals surface area contributed by atoms with Crippen LogP contribution in [0, 0.1) is 5.82 Å². The topological polar surface area (TPSA) is 53.2 Å². The number of benzene rings is 2. The summed E-state index contributed by atoms with van der Waals surface area (Å²) in [6.07, 6.45) is 0.547. The van der Waals surface area contributed by atoms with Crippen molar-refractivity contribution in [2.75, 3.05) is 5.32 Å². The van der Waals surface area contributed by atoms with Gasteiger partial charge in [-0.2, -0.15) is 0 Å². The molecule has 120 valence electrons. The minimum atomic E-state index is -0.414. The van der Waals surface area contributed by atoms with Gasteiger partial charge in [-0.25, -0.2) is 15.2 Å². The van der Waals surface area contributed by atoms with E-state index in [1.807, 2.05) is 0 Å². The fourth-order valence-corrected chi connectivity index (χ4v) is 3.02. The highest BCUT2D eigenvalue weighted by atomic mass is 35.5. The smallest absolute Gasteiger partial charge is 0.242 e. The maximum Gasteiger partial charge on any atom is 0.242 e. The van der Waals surface area contributed by atoms with Gasteiger partial charge in [0.1, 0.15) is 11.9 Å². The second kappa shape index (κ2) is 6.84. The van der Waals surface area contributed by atoms with Crippen LogP contribution in [-0.2, 0) is 4.79 Å². The molecule has 0 bridgehead atoms. The number of carbonyl (C=O) groups is 1. The summed E-state index contributed by atoms with van der Waals surface area (Å²) in [5.41, 5.74) is 7.45. The number of hydrogen-bond donors (Lipinski definition) is 3. The molecule has 1 aliphatic heterocycles. The van der Waals surface area contributed by atoms with Crippen molar-refractivity contribution in [1.29, 1.82) is 0 Å². The van der Waals surface area contributed by atoms with Gasteiger partial charge in [-0.15, -0.1) is 0 Å². The molecule has 1 aliphatic rings. The summed E-state index contributed by atoms with van der Waals surface area (Å²) in [6.45, 7) is 0. The van der Waals surface area contributed by atoms with E-state index >= 15 is 0 Å². The quantitative estimate of drug-likeness (QED) is 0.788. The summed E-state index contributed by atoms with van der Waals surface area (Å²) in [4.78, 5) is 12.3. The Balaban J connectivity index is 1.64. The molecular formula is C16H14Cl2FN3O. The number of halogens is 3. The van der Waals surface area contributed by atoms with Crippen molar-refractivity contribution < 1.29 is 9.18 Å². The van der Waals surface area contributed by atoms with E-state index in [1.54, 1.807) is 30.3 Å². The molecule has 4 nitrogen and oxygen atoms in total. The maximum absolute atomic E-state index is 13.0. The number of hydrazine groups is 1. The van der Waals surface area contributed by atoms with Gasteiger partial charge in [0.15, 0.2) is 0 Å². The minimum Gasteiger partial charge on any atom is -0.325 e. The van der Waals surface area contributed by atoms with Crippen LogP contribution in [0.2, 0.25) is 10.0 Å². The van der Waals surface area contributed by atoms with E-state index in [0.717, 1.165) is 5.56 Å². The largest absolute Gasteiger partial charge is 0.325 e.